The molecule has 6 heteroatoms. The highest BCUT2D eigenvalue weighted by Crippen LogP contribution is 2.23. The van der Waals surface area contributed by atoms with E-state index in [0.717, 1.165) is 0 Å². The topological polar surface area (TPSA) is 38.3 Å². The first-order valence-electron chi connectivity index (χ1n) is 3.08. The van der Waals surface area contributed by atoms with Gasteiger partial charge < -0.3 is 10.1 Å². The molecule has 1 rings (SSSR count). The maximum atomic E-state index is 11.9. The average Bonchev–Trinajstić information content (AvgIpc) is 1.92. The molecule has 0 spiro atoms. The quantitative estimate of drug-likeness (QED) is 0.555. The van der Waals surface area contributed by atoms with Gasteiger partial charge in [-0.3, -0.25) is 4.79 Å². The minimum atomic E-state index is -4.56. The Balaban J connectivity index is 2.63. The van der Waals surface area contributed by atoms with Crippen molar-refractivity contribution >= 4 is 5.91 Å². The Hall–Kier alpha value is -1.04. The lowest BCUT2D eigenvalue weighted by Gasteiger charge is -2.26. The summed E-state index contributed by atoms with van der Waals surface area (Å²) in [6, 6.07) is 0. The second-order valence-electron chi connectivity index (χ2n) is 2.31. The van der Waals surface area contributed by atoms with Gasteiger partial charge in [-0.15, -0.1) is 0 Å². The molecule has 1 N–H and O–H groups in total. The van der Waals surface area contributed by atoms with E-state index in [1.807, 2.05) is 0 Å². The summed E-state index contributed by atoms with van der Waals surface area (Å²) in [4.78, 5) is 10.7. The van der Waals surface area contributed by atoms with Gasteiger partial charge in [0.05, 0.1) is 6.61 Å². The predicted octanol–water partition coefficient (Wildman–Crippen LogP) is 0.577. The van der Waals surface area contributed by atoms with Crippen LogP contribution >= 0.6 is 0 Å². The number of hydrogen-bond donors (Lipinski definition) is 1. The highest BCUT2D eigenvalue weighted by atomic mass is 19.4. The normalized spacial score (nSPS) is 25.4. The molecular weight excluding hydrogens is 175 g/mol. The minimum absolute atomic E-state index is 0.00417. The van der Waals surface area contributed by atoms with Crippen LogP contribution < -0.4 is 5.32 Å². The van der Waals surface area contributed by atoms with Gasteiger partial charge in [-0.25, -0.2) is 0 Å². The van der Waals surface area contributed by atoms with E-state index in [4.69, 9.17) is 0 Å². The fraction of sp³-hybridized carbons (Fsp3) is 0.500. The van der Waals surface area contributed by atoms with Crippen LogP contribution in [-0.4, -0.2) is 24.9 Å². The molecule has 68 valence electrons. The zero-order valence-electron chi connectivity index (χ0n) is 5.94. The van der Waals surface area contributed by atoms with Gasteiger partial charge in [0.15, 0.2) is 0 Å². The molecule has 0 aliphatic carbocycles. The second-order valence-corrected chi connectivity index (χ2v) is 2.31. The molecule has 3 nitrogen and oxygen atoms in total. The summed E-state index contributed by atoms with van der Waals surface area (Å²) >= 11 is 0. The van der Waals surface area contributed by atoms with Gasteiger partial charge in [0.25, 0.3) is 5.91 Å². The van der Waals surface area contributed by atoms with E-state index in [2.05, 4.69) is 11.3 Å². The Morgan fingerprint density at radius 2 is 2.17 bits per heavy atom. The lowest BCUT2D eigenvalue weighted by Crippen LogP contribution is -2.51. The number of carbonyl (C=O) groups excluding carboxylic acids is 1. The molecule has 0 radical (unpaired) electrons. The van der Waals surface area contributed by atoms with E-state index >= 15 is 0 Å². The Labute approximate surface area is 66.2 Å². The van der Waals surface area contributed by atoms with Crippen LogP contribution in [0.25, 0.3) is 0 Å². The highest BCUT2D eigenvalue weighted by molar-refractivity contribution is 5.93. The summed E-state index contributed by atoms with van der Waals surface area (Å²) < 4.78 is 39.9. The molecule has 1 heterocycles. The summed E-state index contributed by atoms with van der Waals surface area (Å²) in [6.07, 6.45) is -6.76. The summed E-state index contributed by atoms with van der Waals surface area (Å²) in [5, 5.41) is 1.62. The van der Waals surface area contributed by atoms with Crippen molar-refractivity contribution in [2.75, 3.05) is 6.61 Å². The van der Waals surface area contributed by atoms with Crippen LogP contribution in [0.3, 0.4) is 0 Å². The van der Waals surface area contributed by atoms with Crippen LogP contribution in [0.5, 0.6) is 0 Å². The van der Waals surface area contributed by atoms with E-state index < -0.39 is 18.3 Å². The fourth-order valence-corrected chi connectivity index (χ4v) is 0.689. The van der Waals surface area contributed by atoms with Crippen LogP contribution in [0.1, 0.15) is 0 Å². The van der Waals surface area contributed by atoms with Crippen molar-refractivity contribution in [3.63, 3.8) is 0 Å². The Morgan fingerprint density at radius 1 is 1.58 bits per heavy atom. The number of carbonyl (C=O) groups is 1. The van der Waals surface area contributed by atoms with Crippen molar-refractivity contribution < 1.29 is 22.7 Å². The van der Waals surface area contributed by atoms with Crippen LogP contribution in [0, 0.1) is 0 Å². The third-order valence-electron chi connectivity index (χ3n) is 1.30. The average molecular weight is 181 g/mol. The van der Waals surface area contributed by atoms with Crippen LogP contribution in [0.15, 0.2) is 12.2 Å². The first kappa shape index (κ1) is 9.05. The zero-order chi connectivity index (χ0) is 9.35. The molecule has 0 aromatic carbocycles. The maximum absolute atomic E-state index is 11.9. The van der Waals surface area contributed by atoms with Gasteiger partial charge in [0.2, 0.25) is 6.23 Å². The van der Waals surface area contributed by atoms with E-state index in [1.165, 1.54) is 0 Å². The van der Waals surface area contributed by atoms with Gasteiger partial charge in [0, 0.05) is 5.57 Å². The molecule has 1 saturated heterocycles. The Morgan fingerprint density at radius 3 is 2.58 bits per heavy atom. The third-order valence-corrected chi connectivity index (χ3v) is 1.30. The Kier molecular flexibility index (Phi) is 2.10. The molecule has 1 fully saturated rings. The lowest BCUT2D eigenvalue weighted by molar-refractivity contribution is -0.232. The Bertz CT molecular complexity index is 223. The molecule has 0 aromatic heterocycles. The maximum Gasteiger partial charge on any atom is 0.433 e. The van der Waals surface area contributed by atoms with Crippen molar-refractivity contribution in [3.05, 3.63) is 12.2 Å². The molecule has 1 aliphatic rings. The van der Waals surface area contributed by atoms with Crippen LogP contribution in [-0.2, 0) is 9.53 Å². The summed E-state index contributed by atoms with van der Waals surface area (Å²) in [6.45, 7) is 2.83. The molecule has 1 unspecified atom stereocenters. The highest BCUT2D eigenvalue weighted by Gasteiger charge is 2.44. The first-order valence-corrected chi connectivity index (χ1v) is 3.08. The van der Waals surface area contributed by atoms with Crippen molar-refractivity contribution in [2.45, 2.75) is 12.4 Å². The molecule has 1 amide bonds. The summed E-state index contributed by atoms with van der Waals surface area (Å²) in [5.74, 6) is -0.816. The third kappa shape index (κ3) is 1.76. The summed E-state index contributed by atoms with van der Waals surface area (Å²) in [7, 11) is 0. The monoisotopic (exact) mass is 181 g/mol. The van der Waals surface area contributed by atoms with Gasteiger partial charge in [-0.05, 0) is 0 Å². The van der Waals surface area contributed by atoms with Gasteiger partial charge >= 0.3 is 6.18 Å². The van der Waals surface area contributed by atoms with Gasteiger partial charge in [-0.2, -0.15) is 13.2 Å². The molecule has 0 aromatic rings. The number of halogens is 3. The molecule has 0 saturated carbocycles. The molecule has 0 bridgehead atoms. The second kappa shape index (κ2) is 2.78. The SMILES string of the molecule is C=C1COC(C(F)(F)F)NC1=O. The number of hydrogen-bond acceptors (Lipinski definition) is 2. The van der Waals surface area contributed by atoms with Crippen LogP contribution in [0.2, 0.25) is 0 Å². The van der Waals surface area contributed by atoms with E-state index in [9.17, 15) is 18.0 Å². The summed E-state index contributed by atoms with van der Waals surface area (Å²) in [5.41, 5.74) is -0.00417. The number of rotatable bonds is 0. The van der Waals surface area contributed by atoms with Crippen molar-refractivity contribution in [3.8, 4) is 0 Å². The number of ether oxygens (including phenoxy) is 1. The molecular formula is C6H6F3NO2. The standard InChI is InChI=1S/C6H6F3NO2/c1-3-2-12-5(6(7,8)9)10-4(3)11/h5H,1-2H2,(H,10,11). The van der Waals surface area contributed by atoms with Gasteiger partial charge in [-0.1, -0.05) is 6.58 Å². The smallest absolute Gasteiger partial charge is 0.345 e. The fourth-order valence-electron chi connectivity index (χ4n) is 0.689. The lowest BCUT2D eigenvalue weighted by atomic mass is 10.2. The van der Waals surface area contributed by atoms with Crippen LogP contribution in [0.4, 0.5) is 13.2 Å². The molecule has 1 atom stereocenters. The predicted molar refractivity (Wildman–Crippen MR) is 33.1 cm³/mol. The number of nitrogens with one attached hydrogen (secondary N) is 1. The van der Waals surface area contributed by atoms with Crippen molar-refractivity contribution in [1.82, 2.24) is 5.32 Å². The van der Waals surface area contributed by atoms with E-state index in [1.54, 1.807) is 5.32 Å². The van der Waals surface area contributed by atoms with Gasteiger partial charge in [0.1, 0.15) is 0 Å². The zero-order valence-corrected chi connectivity index (χ0v) is 5.94. The first-order chi connectivity index (χ1) is 5.41. The largest absolute Gasteiger partial charge is 0.433 e. The minimum Gasteiger partial charge on any atom is -0.345 e. The van der Waals surface area contributed by atoms with Crippen molar-refractivity contribution in [1.29, 1.82) is 0 Å². The van der Waals surface area contributed by atoms with Crippen molar-refractivity contribution in [2.24, 2.45) is 0 Å². The number of amides is 1. The van der Waals surface area contributed by atoms with E-state index in [0.29, 0.717) is 0 Å². The molecule has 12 heavy (non-hydrogen) atoms. The molecule has 1 aliphatic heterocycles. The number of alkyl halides is 3. The van der Waals surface area contributed by atoms with E-state index in [-0.39, 0.29) is 12.2 Å².